The molecule has 2 aromatic heterocycles. The molecule has 0 saturated carbocycles. The minimum Gasteiger partial charge on any atom is -0.462 e. The summed E-state index contributed by atoms with van der Waals surface area (Å²) in [6.45, 7) is 3.63. The van der Waals surface area contributed by atoms with Crippen LogP contribution in [0, 0.1) is 6.92 Å². The van der Waals surface area contributed by atoms with Gasteiger partial charge in [0.2, 0.25) is 10.0 Å². The highest BCUT2D eigenvalue weighted by Crippen LogP contribution is 2.28. The summed E-state index contributed by atoms with van der Waals surface area (Å²) in [5.74, 6) is 0.309. The van der Waals surface area contributed by atoms with Crippen LogP contribution in [0.4, 0.5) is 0 Å². The predicted octanol–water partition coefficient (Wildman–Crippen LogP) is 2.85. The maximum absolute atomic E-state index is 12.5. The van der Waals surface area contributed by atoms with E-state index in [1.807, 2.05) is 6.92 Å². The van der Waals surface area contributed by atoms with Crippen molar-refractivity contribution in [2.45, 2.75) is 24.8 Å². The zero-order chi connectivity index (χ0) is 18.9. The molecule has 26 heavy (non-hydrogen) atoms. The topological polar surface area (TPSA) is 115 Å². The maximum atomic E-state index is 12.5. The lowest BCUT2D eigenvalue weighted by molar-refractivity contribution is 0.0935. The van der Waals surface area contributed by atoms with Crippen molar-refractivity contribution < 1.29 is 17.6 Å². The largest absolute Gasteiger partial charge is 0.462 e. The number of benzene rings is 1. The molecule has 9 heteroatoms. The van der Waals surface area contributed by atoms with Crippen LogP contribution in [-0.4, -0.2) is 19.3 Å². The average molecular weight is 391 g/mol. The Morgan fingerprint density at radius 1 is 1.27 bits per heavy atom. The van der Waals surface area contributed by atoms with Crippen LogP contribution in [-0.2, 0) is 10.0 Å². The molecule has 0 unspecified atom stereocenters. The molecule has 3 aromatic rings. The molecule has 136 valence electrons. The average Bonchev–Trinajstić information content (AvgIpc) is 3.23. The number of aryl methyl sites for hydroxylation is 1. The van der Waals surface area contributed by atoms with Gasteiger partial charge < -0.3 is 9.73 Å². The Labute approximate surface area is 154 Å². The smallest absolute Gasteiger partial charge is 0.271 e. The van der Waals surface area contributed by atoms with Crippen LogP contribution in [0.25, 0.3) is 10.8 Å². The minimum absolute atomic E-state index is 0.0261. The van der Waals surface area contributed by atoms with Gasteiger partial charge in [-0.05, 0) is 43.7 Å². The van der Waals surface area contributed by atoms with Crippen molar-refractivity contribution in [1.29, 1.82) is 0 Å². The lowest BCUT2D eigenvalue weighted by atomic mass is 10.1. The number of sulfonamides is 1. The zero-order valence-corrected chi connectivity index (χ0v) is 15.7. The SMILES string of the molecule is Cc1sc(-c2ccco2)nc1C(=O)N[C@H](C)c1ccc(S(N)(=O)=O)cc1. The molecule has 0 aliphatic heterocycles. The van der Waals surface area contributed by atoms with Gasteiger partial charge in [0.1, 0.15) is 5.69 Å². The fraction of sp³-hybridized carbons (Fsp3) is 0.176. The number of rotatable bonds is 5. The minimum atomic E-state index is -3.74. The zero-order valence-electron chi connectivity index (χ0n) is 14.1. The highest BCUT2D eigenvalue weighted by molar-refractivity contribution is 7.89. The van der Waals surface area contributed by atoms with Gasteiger partial charge in [0.05, 0.1) is 17.2 Å². The Morgan fingerprint density at radius 2 is 1.96 bits per heavy atom. The number of nitrogens with zero attached hydrogens (tertiary/aromatic N) is 1. The Morgan fingerprint density at radius 3 is 2.54 bits per heavy atom. The third-order valence-electron chi connectivity index (χ3n) is 3.80. The van der Waals surface area contributed by atoms with Crippen LogP contribution in [0.15, 0.2) is 52.0 Å². The Kier molecular flexibility index (Phi) is 4.94. The van der Waals surface area contributed by atoms with E-state index in [2.05, 4.69) is 10.3 Å². The number of nitrogens with one attached hydrogen (secondary N) is 1. The molecule has 1 atom stereocenters. The van der Waals surface area contributed by atoms with E-state index in [9.17, 15) is 13.2 Å². The lowest BCUT2D eigenvalue weighted by Gasteiger charge is -2.14. The van der Waals surface area contributed by atoms with E-state index in [-0.39, 0.29) is 16.8 Å². The van der Waals surface area contributed by atoms with Gasteiger partial charge in [-0.25, -0.2) is 18.5 Å². The van der Waals surface area contributed by atoms with Crippen molar-refractivity contribution in [3.8, 4) is 10.8 Å². The van der Waals surface area contributed by atoms with E-state index >= 15 is 0 Å². The number of thiazole rings is 1. The number of amides is 1. The maximum Gasteiger partial charge on any atom is 0.271 e. The van der Waals surface area contributed by atoms with E-state index in [4.69, 9.17) is 9.56 Å². The van der Waals surface area contributed by atoms with Gasteiger partial charge in [-0.1, -0.05) is 12.1 Å². The first kappa shape index (κ1) is 18.3. The quantitative estimate of drug-likeness (QED) is 0.694. The summed E-state index contributed by atoms with van der Waals surface area (Å²) in [6.07, 6.45) is 1.55. The first-order valence-corrected chi connectivity index (χ1v) is 10.1. The second-order valence-electron chi connectivity index (χ2n) is 5.71. The van der Waals surface area contributed by atoms with Gasteiger partial charge in [0.15, 0.2) is 10.8 Å². The molecular formula is C17H17N3O4S2. The molecule has 0 aliphatic carbocycles. The lowest BCUT2D eigenvalue weighted by Crippen LogP contribution is -2.27. The molecule has 0 bridgehead atoms. The highest BCUT2D eigenvalue weighted by atomic mass is 32.2. The number of aromatic nitrogens is 1. The second kappa shape index (κ2) is 7.02. The van der Waals surface area contributed by atoms with E-state index in [1.165, 1.54) is 23.5 Å². The van der Waals surface area contributed by atoms with Gasteiger partial charge in [0.25, 0.3) is 5.91 Å². The van der Waals surface area contributed by atoms with Gasteiger partial charge in [-0.3, -0.25) is 4.79 Å². The van der Waals surface area contributed by atoms with Crippen LogP contribution in [0.3, 0.4) is 0 Å². The Hall–Kier alpha value is -2.49. The molecule has 3 rings (SSSR count). The summed E-state index contributed by atoms with van der Waals surface area (Å²) in [7, 11) is -3.74. The summed E-state index contributed by atoms with van der Waals surface area (Å²) in [6, 6.07) is 9.28. The molecule has 1 aromatic carbocycles. The Bertz CT molecular complexity index is 1020. The van der Waals surface area contributed by atoms with Crippen molar-refractivity contribution in [3.63, 3.8) is 0 Å². The summed E-state index contributed by atoms with van der Waals surface area (Å²) in [5, 5.41) is 8.59. The van der Waals surface area contributed by atoms with Crippen molar-refractivity contribution >= 4 is 27.3 Å². The molecule has 0 spiro atoms. The summed E-state index contributed by atoms with van der Waals surface area (Å²) >= 11 is 1.38. The second-order valence-corrected chi connectivity index (χ2v) is 8.47. The molecule has 7 nitrogen and oxygen atoms in total. The van der Waals surface area contributed by atoms with E-state index in [1.54, 1.807) is 37.5 Å². The third-order valence-corrected chi connectivity index (χ3v) is 5.71. The first-order chi connectivity index (χ1) is 12.3. The van der Waals surface area contributed by atoms with Gasteiger partial charge in [-0.2, -0.15) is 0 Å². The van der Waals surface area contributed by atoms with Crippen LogP contribution >= 0.6 is 11.3 Å². The standard InChI is InChI=1S/C17H17N3O4S2/c1-10(12-5-7-13(8-6-12)26(18,22)23)19-16(21)15-11(2)25-17(20-15)14-4-3-9-24-14/h3-10H,1-2H3,(H,19,21)(H2,18,22,23)/t10-/m1/s1. The van der Waals surface area contributed by atoms with Crippen molar-refractivity contribution in [1.82, 2.24) is 10.3 Å². The molecule has 3 N–H and O–H groups in total. The molecule has 0 saturated heterocycles. The first-order valence-electron chi connectivity index (χ1n) is 7.70. The van der Waals surface area contributed by atoms with Crippen LogP contribution in [0.1, 0.15) is 33.9 Å². The summed E-state index contributed by atoms with van der Waals surface area (Å²) in [5.41, 5.74) is 1.10. The van der Waals surface area contributed by atoms with E-state index in [0.717, 1.165) is 10.4 Å². The normalized spacial score (nSPS) is 12.7. The molecular weight excluding hydrogens is 374 g/mol. The Balaban J connectivity index is 1.75. The van der Waals surface area contributed by atoms with Crippen molar-refractivity contribution in [3.05, 3.63) is 58.8 Å². The third kappa shape index (κ3) is 3.85. The molecule has 0 radical (unpaired) electrons. The number of carbonyl (C=O) groups excluding carboxylic acids is 1. The number of carbonyl (C=O) groups is 1. The number of nitrogens with two attached hydrogens (primary N) is 1. The predicted molar refractivity (Wildman–Crippen MR) is 98.2 cm³/mol. The van der Waals surface area contributed by atoms with E-state index < -0.39 is 10.0 Å². The van der Waals surface area contributed by atoms with Crippen molar-refractivity contribution in [2.24, 2.45) is 5.14 Å². The van der Waals surface area contributed by atoms with Gasteiger partial charge in [0, 0.05) is 4.88 Å². The van der Waals surface area contributed by atoms with Gasteiger partial charge in [-0.15, -0.1) is 11.3 Å². The molecule has 0 fully saturated rings. The fourth-order valence-electron chi connectivity index (χ4n) is 2.41. The van der Waals surface area contributed by atoms with Crippen LogP contribution in [0.5, 0.6) is 0 Å². The van der Waals surface area contributed by atoms with E-state index in [0.29, 0.717) is 16.5 Å². The molecule has 1 amide bonds. The fourth-order valence-corrected chi connectivity index (χ4v) is 3.80. The summed E-state index contributed by atoms with van der Waals surface area (Å²) < 4.78 is 27.9. The number of hydrogen-bond donors (Lipinski definition) is 2. The van der Waals surface area contributed by atoms with Crippen molar-refractivity contribution in [2.75, 3.05) is 0 Å². The monoisotopic (exact) mass is 391 g/mol. The number of hydrogen-bond acceptors (Lipinski definition) is 6. The number of primary sulfonamides is 1. The summed E-state index contributed by atoms with van der Waals surface area (Å²) in [4.78, 5) is 17.7. The molecule has 0 aliphatic rings. The molecule has 2 heterocycles. The number of furan rings is 1. The van der Waals surface area contributed by atoms with Crippen LogP contribution in [0.2, 0.25) is 0 Å². The van der Waals surface area contributed by atoms with Gasteiger partial charge >= 0.3 is 0 Å². The highest BCUT2D eigenvalue weighted by Gasteiger charge is 2.20. The van der Waals surface area contributed by atoms with Crippen LogP contribution < -0.4 is 10.5 Å².